The molecule has 2 N–H and O–H groups in total. The van der Waals surface area contributed by atoms with Crippen molar-refractivity contribution in [3.63, 3.8) is 0 Å². The van der Waals surface area contributed by atoms with E-state index in [-0.39, 0.29) is 6.61 Å². The fraction of sp³-hybridized carbons (Fsp3) is 0.538. The van der Waals surface area contributed by atoms with Crippen LogP contribution in [0, 0.1) is 0 Å². The van der Waals surface area contributed by atoms with Crippen molar-refractivity contribution in [2.24, 2.45) is 0 Å². The van der Waals surface area contributed by atoms with Gasteiger partial charge in [-0.25, -0.2) is 0 Å². The Labute approximate surface area is 96.3 Å². The van der Waals surface area contributed by atoms with Crippen LogP contribution in [0.25, 0.3) is 0 Å². The van der Waals surface area contributed by atoms with E-state index in [1.54, 1.807) is 0 Å². The van der Waals surface area contributed by atoms with Crippen molar-refractivity contribution in [1.29, 1.82) is 0 Å². The maximum absolute atomic E-state index is 9.45. The zero-order valence-corrected chi connectivity index (χ0v) is 9.63. The first-order valence-electron chi connectivity index (χ1n) is 5.79. The summed E-state index contributed by atoms with van der Waals surface area (Å²) < 4.78 is 0. The van der Waals surface area contributed by atoms with Crippen LogP contribution >= 0.6 is 0 Å². The summed E-state index contributed by atoms with van der Waals surface area (Å²) in [4.78, 5) is 2.20. The van der Waals surface area contributed by atoms with Gasteiger partial charge in [-0.2, -0.15) is 0 Å². The molecule has 0 bridgehead atoms. The van der Waals surface area contributed by atoms with Gasteiger partial charge >= 0.3 is 0 Å². The molecule has 1 aliphatic heterocycles. The van der Waals surface area contributed by atoms with Crippen LogP contribution in [0.4, 0.5) is 0 Å². The topological polar surface area (TPSA) is 43.7 Å². The lowest BCUT2D eigenvalue weighted by atomic mass is 9.91. The molecule has 2 rings (SSSR count). The maximum atomic E-state index is 9.45. The molecule has 0 spiro atoms. The Morgan fingerprint density at radius 1 is 1.44 bits per heavy atom. The highest BCUT2D eigenvalue weighted by atomic mass is 16.3. The Morgan fingerprint density at radius 2 is 2.19 bits per heavy atom. The predicted molar refractivity (Wildman–Crippen MR) is 63.2 cm³/mol. The first kappa shape index (κ1) is 11.6. The minimum Gasteiger partial charge on any atom is -0.394 e. The van der Waals surface area contributed by atoms with E-state index < -0.39 is 6.10 Å². The number of aliphatic hydroxyl groups is 2. The minimum absolute atomic E-state index is 0.160. The zero-order valence-electron chi connectivity index (χ0n) is 9.63. The molecule has 0 radical (unpaired) electrons. The molecule has 0 saturated carbocycles. The quantitative estimate of drug-likeness (QED) is 0.799. The molecule has 0 amide bonds. The normalized spacial score (nSPS) is 22.8. The number of benzene rings is 1. The summed E-state index contributed by atoms with van der Waals surface area (Å²) in [6, 6.07) is 8.45. The van der Waals surface area contributed by atoms with E-state index in [9.17, 15) is 5.11 Å². The second-order valence-electron chi connectivity index (χ2n) is 4.63. The van der Waals surface area contributed by atoms with Gasteiger partial charge in [-0.1, -0.05) is 31.2 Å². The molecule has 88 valence electrons. The van der Waals surface area contributed by atoms with E-state index in [4.69, 9.17) is 5.11 Å². The van der Waals surface area contributed by atoms with Gasteiger partial charge in [0.1, 0.15) is 0 Å². The van der Waals surface area contributed by atoms with E-state index >= 15 is 0 Å². The number of rotatable bonds is 3. The molecule has 3 heteroatoms. The molecule has 1 aromatic carbocycles. The average Bonchev–Trinajstić information content (AvgIpc) is 2.29. The molecule has 16 heavy (non-hydrogen) atoms. The van der Waals surface area contributed by atoms with E-state index in [0.717, 1.165) is 13.1 Å². The summed E-state index contributed by atoms with van der Waals surface area (Å²) in [6.45, 7) is 4.42. The molecule has 1 aliphatic rings. The largest absolute Gasteiger partial charge is 0.394 e. The third kappa shape index (κ3) is 2.43. The molecule has 0 fully saturated rings. The van der Waals surface area contributed by atoms with Crippen LogP contribution in [0.2, 0.25) is 0 Å². The lowest BCUT2D eigenvalue weighted by Gasteiger charge is -2.33. The standard InChI is InChI=1S/C13H19NO2/c1-10-6-14(8-12(16)9-15)7-11-4-2-3-5-13(10)11/h2-5,10,12,15-16H,6-9H2,1H3. The van der Waals surface area contributed by atoms with Crippen LogP contribution in [-0.4, -0.2) is 40.9 Å². The van der Waals surface area contributed by atoms with Crippen molar-refractivity contribution >= 4 is 0 Å². The van der Waals surface area contributed by atoms with E-state index in [2.05, 4.69) is 36.1 Å². The van der Waals surface area contributed by atoms with Crippen molar-refractivity contribution in [3.05, 3.63) is 35.4 Å². The number of hydrogen-bond acceptors (Lipinski definition) is 3. The highest BCUT2D eigenvalue weighted by Gasteiger charge is 2.22. The van der Waals surface area contributed by atoms with Gasteiger partial charge in [-0.15, -0.1) is 0 Å². The Hall–Kier alpha value is -0.900. The zero-order chi connectivity index (χ0) is 11.5. The molecule has 2 atom stereocenters. The van der Waals surface area contributed by atoms with Crippen molar-refractivity contribution in [3.8, 4) is 0 Å². The van der Waals surface area contributed by atoms with Crippen LogP contribution < -0.4 is 0 Å². The summed E-state index contributed by atoms with van der Waals surface area (Å²) in [5.41, 5.74) is 2.75. The molecule has 0 aromatic heterocycles. The Kier molecular flexibility index (Phi) is 3.59. The van der Waals surface area contributed by atoms with E-state index in [0.29, 0.717) is 12.5 Å². The van der Waals surface area contributed by atoms with Gasteiger partial charge in [0, 0.05) is 19.6 Å². The van der Waals surface area contributed by atoms with Crippen molar-refractivity contribution in [2.75, 3.05) is 19.7 Å². The summed E-state index contributed by atoms with van der Waals surface area (Å²) >= 11 is 0. The summed E-state index contributed by atoms with van der Waals surface area (Å²) in [6.07, 6.45) is -0.627. The number of aliphatic hydroxyl groups excluding tert-OH is 2. The molecule has 3 nitrogen and oxygen atoms in total. The van der Waals surface area contributed by atoms with Gasteiger partial charge in [-0.05, 0) is 17.0 Å². The molecular formula is C13H19NO2. The Bertz CT molecular complexity index is 354. The van der Waals surface area contributed by atoms with Gasteiger partial charge in [0.05, 0.1) is 12.7 Å². The molecule has 2 unspecified atom stereocenters. The predicted octanol–water partition coefficient (Wildman–Crippen LogP) is 0.959. The summed E-state index contributed by atoms with van der Waals surface area (Å²) in [5, 5.41) is 18.3. The Morgan fingerprint density at radius 3 is 2.94 bits per heavy atom. The minimum atomic E-state index is -0.627. The molecule has 0 saturated heterocycles. The third-order valence-corrected chi connectivity index (χ3v) is 3.19. The highest BCUT2D eigenvalue weighted by molar-refractivity contribution is 5.32. The second-order valence-corrected chi connectivity index (χ2v) is 4.63. The molecule has 1 heterocycles. The Balaban J connectivity index is 2.09. The SMILES string of the molecule is CC1CN(CC(O)CO)Cc2ccccc21. The average molecular weight is 221 g/mol. The first-order chi connectivity index (χ1) is 7.70. The number of nitrogens with zero attached hydrogens (tertiary/aromatic N) is 1. The third-order valence-electron chi connectivity index (χ3n) is 3.19. The number of fused-ring (bicyclic) bond motifs is 1. The van der Waals surface area contributed by atoms with Crippen LogP contribution in [0.5, 0.6) is 0 Å². The van der Waals surface area contributed by atoms with E-state index in [1.807, 2.05) is 0 Å². The van der Waals surface area contributed by atoms with Gasteiger partial charge in [0.15, 0.2) is 0 Å². The van der Waals surface area contributed by atoms with Crippen molar-refractivity contribution in [2.45, 2.75) is 25.5 Å². The van der Waals surface area contributed by atoms with Gasteiger partial charge < -0.3 is 10.2 Å². The van der Waals surface area contributed by atoms with Gasteiger partial charge in [0.25, 0.3) is 0 Å². The fourth-order valence-electron chi connectivity index (χ4n) is 2.44. The molecule has 1 aromatic rings. The molecule has 0 aliphatic carbocycles. The van der Waals surface area contributed by atoms with Crippen LogP contribution in [0.1, 0.15) is 24.0 Å². The van der Waals surface area contributed by atoms with Crippen LogP contribution in [-0.2, 0) is 6.54 Å². The lowest BCUT2D eigenvalue weighted by Crippen LogP contribution is -2.39. The second kappa shape index (κ2) is 4.95. The summed E-state index contributed by atoms with van der Waals surface area (Å²) in [7, 11) is 0. The maximum Gasteiger partial charge on any atom is 0.0897 e. The van der Waals surface area contributed by atoms with Crippen molar-refractivity contribution in [1.82, 2.24) is 4.90 Å². The number of β-amino-alcohol motifs (C(OH)–C–C–N with tert-alkyl or cyclic N) is 1. The lowest BCUT2D eigenvalue weighted by molar-refractivity contribution is 0.0526. The van der Waals surface area contributed by atoms with E-state index in [1.165, 1.54) is 11.1 Å². The summed E-state index contributed by atoms with van der Waals surface area (Å²) in [5.74, 6) is 0.496. The smallest absolute Gasteiger partial charge is 0.0897 e. The fourth-order valence-corrected chi connectivity index (χ4v) is 2.44. The molecular weight excluding hydrogens is 202 g/mol. The van der Waals surface area contributed by atoms with Gasteiger partial charge in [-0.3, -0.25) is 4.90 Å². The highest BCUT2D eigenvalue weighted by Crippen LogP contribution is 2.27. The van der Waals surface area contributed by atoms with Crippen LogP contribution in [0.3, 0.4) is 0 Å². The number of hydrogen-bond donors (Lipinski definition) is 2. The van der Waals surface area contributed by atoms with Crippen molar-refractivity contribution < 1.29 is 10.2 Å². The van der Waals surface area contributed by atoms with Gasteiger partial charge in [0.2, 0.25) is 0 Å². The first-order valence-corrected chi connectivity index (χ1v) is 5.79. The van der Waals surface area contributed by atoms with Crippen LogP contribution in [0.15, 0.2) is 24.3 Å². The monoisotopic (exact) mass is 221 g/mol.